The number of benzene rings is 1. The molecule has 1 aromatic heterocycles. The van der Waals surface area contributed by atoms with Crippen LogP contribution in [0.4, 0.5) is 13.2 Å². The molecule has 0 aliphatic heterocycles. The Morgan fingerprint density at radius 1 is 1.24 bits per heavy atom. The third-order valence-corrected chi connectivity index (χ3v) is 5.88. The van der Waals surface area contributed by atoms with Gasteiger partial charge < -0.3 is 20.3 Å². The average Bonchev–Trinajstić information content (AvgIpc) is 2.75. The van der Waals surface area contributed by atoms with Crippen LogP contribution in [-0.2, 0) is 11.3 Å². The number of para-hydroxylation sites is 1. The molecule has 0 saturated heterocycles. The van der Waals surface area contributed by atoms with E-state index in [1.165, 1.54) is 24.3 Å². The van der Waals surface area contributed by atoms with Gasteiger partial charge in [-0.15, -0.1) is 13.2 Å². The first-order valence-corrected chi connectivity index (χ1v) is 10.9. The molecule has 0 radical (unpaired) electrons. The van der Waals surface area contributed by atoms with Crippen LogP contribution in [0.15, 0.2) is 30.3 Å². The van der Waals surface area contributed by atoms with E-state index in [-0.39, 0.29) is 39.6 Å². The van der Waals surface area contributed by atoms with Gasteiger partial charge in [-0.3, -0.25) is 10.1 Å². The van der Waals surface area contributed by atoms with Crippen molar-refractivity contribution in [3.8, 4) is 11.5 Å². The number of hydrogen-bond acceptors (Lipinski definition) is 6. The van der Waals surface area contributed by atoms with Crippen molar-refractivity contribution in [2.45, 2.75) is 50.9 Å². The van der Waals surface area contributed by atoms with Gasteiger partial charge in [-0.1, -0.05) is 54.2 Å². The Bertz CT molecular complexity index is 970. The maximum absolute atomic E-state index is 12.9. The highest BCUT2D eigenvalue weighted by atomic mass is 35.5. The number of aromatic hydroxyl groups is 1. The lowest BCUT2D eigenvalue weighted by Crippen LogP contribution is -2.47. The molecule has 1 fully saturated rings. The SMILES string of the molecule is O=C(NCc1ccccc1OC(F)(F)F)[C@@H]1CCCC[C@H]1NC(O)c1cc(Cl)c(O)c(Cl)n1. The third-order valence-electron chi connectivity index (χ3n) is 5.33. The highest BCUT2D eigenvalue weighted by molar-refractivity contribution is 6.36. The van der Waals surface area contributed by atoms with Gasteiger partial charge in [0, 0.05) is 18.2 Å². The first kappa shape index (κ1) is 25.4. The lowest BCUT2D eigenvalue weighted by atomic mass is 9.83. The number of carbonyl (C=O) groups excluding carboxylic acids is 1. The summed E-state index contributed by atoms with van der Waals surface area (Å²) in [5, 5.41) is 25.4. The van der Waals surface area contributed by atoms with Crippen LogP contribution in [0.2, 0.25) is 10.2 Å². The molecule has 1 aromatic carbocycles. The zero-order chi connectivity index (χ0) is 24.2. The number of amides is 1. The van der Waals surface area contributed by atoms with E-state index in [0.29, 0.717) is 12.8 Å². The number of rotatable bonds is 7. The van der Waals surface area contributed by atoms with Crippen LogP contribution >= 0.6 is 23.2 Å². The second-order valence-electron chi connectivity index (χ2n) is 7.61. The topological polar surface area (TPSA) is 104 Å². The fourth-order valence-electron chi connectivity index (χ4n) is 3.76. The molecule has 3 atom stereocenters. The lowest BCUT2D eigenvalue weighted by molar-refractivity contribution is -0.274. The molecule has 1 aliphatic rings. The summed E-state index contributed by atoms with van der Waals surface area (Å²) in [5.74, 6) is -1.69. The smallest absolute Gasteiger partial charge is 0.504 e. The number of halogens is 5. The summed E-state index contributed by atoms with van der Waals surface area (Å²) in [7, 11) is 0. The van der Waals surface area contributed by atoms with Crippen molar-refractivity contribution in [3.05, 3.63) is 51.8 Å². The van der Waals surface area contributed by atoms with E-state index in [9.17, 15) is 28.2 Å². The minimum atomic E-state index is -4.84. The first-order valence-electron chi connectivity index (χ1n) is 10.2. The summed E-state index contributed by atoms with van der Waals surface area (Å²) in [6.07, 6.45) is -3.43. The van der Waals surface area contributed by atoms with Gasteiger partial charge in [0.05, 0.1) is 16.6 Å². The maximum Gasteiger partial charge on any atom is 0.573 e. The Balaban J connectivity index is 1.66. The van der Waals surface area contributed by atoms with Gasteiger partial charge in [-0.25, -0.2) is 4.98 Å². The summed E-state index contributed by atoms with van der Waals surface area (Å²) in [5.41, 5.74) is 0.256. The molecule has 1 unspecified atom stereocenters. The van der Waals surface area contributed by atoms with Crippen molar-refractivity contribution in [2.24, 2.45) is 5.92 Å². The summed E-state index contributed by atoms with van der Waals surface area (Å²) < 4.78 is 41.9. The van der Waals surface area contributed by atoms with Crippen molar-refractivity contribution in [1.29, 1.82) is 0 Å². The van der Waals surface area contributed by atoms with Crippen molar-refractivity contribution in [1.82, 2.24) is 15.6 Å². The van der Waals surface area contributed by atoms with E-state index >= 15 is 0 Å². The average molecular weight is 508 g/mol. The molecular weight excluding hydrogens is 486 g/mol. The van der Waals surface area contributed by atoms with Crippen molar-refractivity contribution in [3.63, 3.8) is 0 Å². The van der Waals surface area contributed by atoms with Gasteiger partial charge in [0.25, 0.3) is 0 Å². The molecule has 7 nitrogen and oxygen atoms in total. The number of aromatic nitrogens is 1. The van der Waals surface area contributed by atoms with Crippen molar-refractivity contribution in [2.75, 3.05) is 0 Å². The molecule has 3 rings (SSSR count). The summed E-state index contributed by atoms with van der Waals surface area (Å²) in [6.45, 7) is -0.151. The fraction of sp³-hybridized carbons (Fsp3) is 0.429. The van der Waals surface area contributed by atoms with Crippen LogP contribution in [0.25, 0.3) is 0 Å². The number of aliphatic hydroxyl groups excluding tert-OH is 1. The fourth-order valence-corrected chi connectivity index (χ4v) is 4.20. The molecule has 33 heavy (non-hydrogen) atoms. The molecule has 1 heterocycles. The zero-order valence-electron chi connectivity index (χ0n) is 17.2. The lowest BCUT2D eigenvalue weighted by Gasteiger charge is -2.33. The predicted octanol–water partition coefficient (Wildman–Crippen LogP) is 4.45. The second-order valence-corrected chi connectivity index (χ2v) is 8.37. The van der Waals surface area contributed by atoms with E-state index in [0.717, 1.165) is 12.8 Å². The van der Waals surface area contributed by atoms with Gasteiger partial charge >= 0.3 is 6.36 Å². The Morgan fingerprint density at radius 3 is 2.64 bits per heavy atom. The number of hydrogen-bond donors (Lipinski definition) is 4. The second kappa shape index (κ2) is 10.8. The van der Waals surface area contributed by atoms with Crippen LogP contribution in [0.5, 0.6) is 11.5 Å². The molecule has 0 spiro atoms. The number of aliphatic hydroxyl groups is 1. The minimum Gasteiger partial charge on any atom is -0.504 e. The number of alkyl halides is 3. The number of nitrogens with one attached hydrogen (secondary N) is 2. The minimum absolute atomic E-state index is 0.0748. The van der Waals surface area contributed by atoms with Crippen LogP contribution < -0.4 is 15.4 Å². The molecule has 1 amide bonds. The maximum atomic E-state index is 12.9. The number of pyridine rings is 1. The zero-order valence-corrected chi connectivity index (χ0v) is 18.7. The van der Waals surface area contributed by atoms with E-state index in [4.69, 9.17) is 23.2 Å². The number of ether oxygens (including phenoxy) is 1. The largest absolute Gasteiger partial charge is 0.573 e. The molecule has 1 saturated carbocycles. The quantitative estimate of drug-likeness (QED) is 0.326. The highest BCUT2D eigenvalue weighted by Crippen LogP contribution is 2.33. The van der Waals surface area contributed by atoms with Gasteiger partial charge in [0.1, 0.15) is 12.0 Å². The van der Waals surface area contributed by atoms with E-state index in [1.807, 2.05) is 0 Å². The Hall–Kier alpha value is -2.27. The van der Waals surface area contributed by atoms with Gasteiger partial charge in [0.2, 0.25) is 5.91 Å². The summed E-state index contributed by atoms with van der Waals surface area (Å²) in [4.78, 5) is 16.8. The third kappa shape index (κ3) is 6.86. The highest BCUT2D eigenvalue weighted by Gasteiger charge is 2.34. The monoisotopic (exact) mass is 507 g/mol. The van der Waals surface area contributed by atoms with E-state index in [1.54, 1.807) is 6.07 Å². The van der Waals surface area contributed by atoms with Crippen molar-refractivity contribution < 1.29 is 32.9 Å². The van der Waals surface area contributed by atoms with Gasteiger partial charge in [-0.05, 0) is 25.0 Å². The number of carbonyl (C=O) groups is 1. The molecule has 1 aliphatic carbocycles. The van der Waals surface area contributed by atoms with Crippen LogP contribution in [0.3, 0.4) is 0 Å². The van der Waals surface area contributed by atoms with Crippen molar-refractivity contribution >= 4 is 29.1 Å². The standard InChI is InChI=1S/C21H22Cl2F3N3O4/c22-13-9-15(28-18(23)17(13)30)20(32)29-14-7-3-2-6-12(14)19(31)27-10-11-5-1-4-8-16(11)33-21(24,25)26/h1,4-5,8-9,12,14,20,29-30,32H,2-3,6-7,10H2,(H,27,31)/t12-,14-,20?/m1/s1. The van der Waals surface area contributed by atoms with Gasteiger partial charge in [0.15, 0.2) is 10.9 Å². The summed E-state index contributed by atoms with van der Waals surface area (Å²) in [6, 6.07) is 6.40. The Kier molecular flexibility index (Phi) is 8.28. The predicted molar refractivity (Wildman–Crippen MR) is 115 cm³/mol. The Morgan fingerprint density at radius 2 is 1.94 bits per heavy atom. The molecule has 12 heteroatoms. The van der Waals surface area contributed by atoms with E-state index in [2.05, 4.69) is 20.4 Å². The van der Waals surface area contributed by atoms with E-state index < -0.39 is 30.3 Å². The summed E-state index contributed by atoms with van der Waals surface area (Å²) >= 11 is 11.7. The normalized spacial score (nSPS) is 19.7. The van der Waals surface area contributed by atoms with Crippen LogP contribution in [0, 0.1) is 5.92 Å². The molecule has 4 N–H and O–H groups in total. The van der Waals surface area contributed by atoms with Crippen LogP contribution in [0.1, 0.15) is 43.2 Å². The number of nitrogens with zero attached hydrogens (tertiary/aromatic N) is 1. The van der Waals surface area contributed by atoms with Crippen LogP contribution in [-0.4, -0.2) is 33.5 Å². The Labute approximate surface area is 197 Å². The molecule has 0 bridgehead atoms. The van der Waals surface area contributed by atoms with Gasteiger partial charge in [-0.2, -0.15) is 0 Å². The molecule has 180 valence electrons. The molecular formula is C21H22Cl2F3N3O4. The first-order chi connectivity index (χ1) is 15.5. The molecule has 2 aromatic rings.